The highest BCUT2D eigenvalue weighted by molar-refractivity contribution is 5.91. The van der Waals surface area contributed by atoms with Crippen LogP contribution in [0.2, 0.25) is 0 Å². The van der Waals surface area contributed by atoms with Crippen LogP contribution >= 0.6 is 0 Å². The van der Waals surface area contributed by atoms with E-state index in [9.17, 15) is 4.79 Å². The Morgan fingerprint density at radius 1 is 1.32 bits per heavy atom. The van der Waals surface area contributed by atoms with Crippen LogP contribution in [0.25, 0.3) is 6.08 Å². The Kier molecular flexibility index (Phi) is 4.46. The van der Waals surface area contributed by atoms with Crippen LogP contribution in [-0.2, 0) is 4.79 Å². The van der Waals surface area contributed by atoms with Crippen molar-refractivity contribution in [2.24, 2.45) is 0 Å². The molecular weight excluding hydrogens is 236 g/mol. The third-order valence-corrected chi connectivity index (χ3v) is 4.12. The van der Waals surface area contributed by atoms with E-state index in [0.29, 0.717) is 6.04 Å². The third kappa shape index (κ3) is 3.09. The lowest BCUT2D eigenvalue weighted by Crippen LogP contribution is -2.15. The predicted molar refractivity (Wildman–Crippen MR) is 79.1 cm³/mol. The molecule has 1 aliphatic rings. The van der Waals surface area contributed by atoms with Crippen molar-refractivity contribution in [2.75, 3.05) is 7.05 Å². The number of carbonyl (C=O) groups is 1. The number of aromatic nitrogens is 1. The summed E-state index contributed by atoms with van der Waals surface area (Å²) >= 11 is 0. The van der Waals surface area contributed by atoms with Gasteiger partial charge in [0.25, 0.3) is 0 Å². The Bertz CT molecular complexity index is 479. The fourth-order valence-electron chi connectivity index (χ4n) is 3.12. The molecule has 1 fully saturated rings. The Labute approximate surface area is 115 Å². The highest BCUT2D eigenvalue weighted by atomic mass is 16.1. The monoisotopic (exact) mass is 260 g/mol. The normalized spacial score (nSPS) is 17.0. The number of amides is 1. The highest BCUT2D eigenvalue weighted by Crippen LogP contribution is 2.32. The highest BCUT2D eigenvalue weighted by Gasteiger charge is 2.19. The van der Waals surface area contributed by atoms with Gasteiger partial charge in [-0.05, 0) is 44.4 Å². The molecule has 0 aliphatic heterocycles. The summed E-state index contributed by atoms with van der Waals surface area (Å²) in [5.41, 5.74) is 3.75. The third-order valence-electron chi connectivity index (χ3n) is 4.12. The molecule has 0 saturated heterocycles. The maximum atomic E-state index is 11.3. The summed E-state index contributed by atoms with van der Waals surface area (Å²) in [6.45, 7) is 4.32. The first-order chi connectivity index (χ1) is 9.13. The molecule has 1 aromatic heterocycles. The lowest BCUT2D eigenvalue weighted by atomic mass is 9.95. The Hall–Kier alpha value is -1.51. The van der Waals surface area contributed by atoms with Crippen LogP contribution < -0.4 is 5.32 Å². The average molecular weight is 260 g/mol. The molecule has 3 heteroatoms. The van der Waals surface area contributed by atoms with E-state index in [2.05, 4.69) is 29.8 Å². The molecular formula is C16H24N2O. The summed E-state index contributed by atoms with van der Waals surface area (Å²) in [7, 11) is 1.65. The van der Waals surface area contributed by atoms with Crippen molar-refractivity contribution in [1.82, 2.24) is 9.88 Å². The lowest BCUT2D eigenvalue weighted by Gasteiger charge is -2.26. The van der Waals surface area contributed by atoms with Gasteiger partial charge in [-0.2, -0.15) is 0 Å². The van der Waals surface area contributed by atoms with E-state index in [1.165, 1.54) is 43.5 Å². The lowest BCUT2D eigenvalue weighted by molar-refractivity contribution is -0.115. The van der Waals surface area contributed by atoms with Crippen molar-refractivity contribution in [2.45, 2.75) is 52.0 Å². The summed E-state index contributed by atoms with van der Waals surface area (Å²) in [4.78, 5) is 11.3. The van der Waals surface area contributed by atoms with E-state index in [4.69, 9.17) is 0 Å². The molecule has 3 nitrogen and oxygen atoms in total. The molecule has 104 valence electrons. The molecule has 1 N–H and O–H groups in total. The molecule has 19 heavy (non-hydrogen) atoms. The molecule has 2 rings (SSSR count). The van der Waals surface area contributed by atoms with Crippen molar-refractivity contribution in [3.8, 4) is 0 Å². The number of nitrogens with zero attached hydrogens (tertiary/aromatic N) is 1. The topological polar surface area (TPSA) is 34.0 Å². The van der Waals surface area contributed by atoms with Crippen LogP contribution in [0, 0.1) is 13.8 Å². The average Bonchev–Trinajstić information content (AvgIpc) is 2.71. The van der Waals surface area contributed by atoms with Crippen LogP contribution in [0.5, 0.6) is 0 Å². The van der Waals surface area contributed by atoms with E-state index < -0.39 is 0 Å². The van der Waals surface area contributed by atoms with Crippen LogP contribution in [0.15, 0.2) is 12.1 Å². The molecule has 0 spiro atoms. The smallest absolute Gasteiger partial charge is 0.243 e. The fourth-order valence-corrected chi connectivity index (χ4v) is 3.12. The van der Waals surface area contributed by atoms with E-state index in [1.807, 2.05) is 6.08 Å². The van der Waals surface area contributed by atoms with Crippen LogP contribution in [0.3, 0.4) is 0 Å². The molecule has 0 atom stereocenters. The maximum Gasteiger partial charge on any atom is 0.243 e. The first-order valence-electron chi connectivity index (χ1n) is 7.21. The van der Waals surface area contributed by atoms with E-state index in [0.717, 1.165) is 5.56 Å². The maximum absolute atomic E-state index is 11.3. The van der Waals surface area contributed by atoms with Gasteiger partial charge in [0.15, 0.2) is 0 Å². The van der Waals surface area contributed by atoms with E-state index >= 15 is 0 Å². The molecule has 0 bridgehead atoms. The SMILES string of the molecule is CNC(=O)/C=C/c1cc(C)n(C2CCCCC2)c1C. The molecule has 1 saturated carbocycles. The second-order valence-electron chi connectivity index (χ2n) is 5.44. The Morgan fingerprint density at radius 3 is 2.63 bits per heavy atom. The summed E-state index contributed by atoms with van der Waals surface area (Å²) < 4.78 is 2.46. The first-order valence-corrected chi connectivity index (χ1v) is 7.21. The number of carbonyl (C=O) groups excluding carboxylic acids is 1. The summed E-state index contributed by atoms with van der Waals surface area (Å²) in [6.07, 6.45) is 10.1. The zero-order valence-electron chi connectivity index (χ0n) is 12.2. The zero-order chi connectivity index (χ0) is 13.8. The molecule has 0 radical (unpaired) electrons. The second-order valence-corrected chi connectivity index (χ2v) is 5.44. The number of nitrogens with one attached hydrogen (secondary N) is 1. The first kappa shape index (κ1) is 13.9. The predicted octanol–water partition coefficient (Wildman–Crippen LogP) is 3.37. The Morgan fingerprint density at radius 2 is 2.00 bits per heavy atom. The minimum Gasteiger partial charge on any atom is -0.356 e. The van der Waals surface area contributed by atoms with Crippen molar-refractivity contribution < 1.29 is 4.79 Å². The van der Waals surface area contributed by atoms with Gasteiger partial charge in [0, 0.05) is 30.6 Å². The van der Waals surface area contributed by atoms with E-state index in [-0.39, 0.29) is 5.91 Å². The number of hydrogen-bond acceptors (Lipinski definition) is 1. The number of hydrogen-bond donors (Lipinski definition) is 1. The van der Waals surface area contributed by atoms with Crippen LogP contribution in [0.1, 0.15) is 55.1 Å². The number of rotatable bonds is 3. The van der Waals surface area contributed by atoms with Gasteiger partial charge >= 0.3 is 0 Å². The van der Waals surface area contributed by atoms with Crippen molar-refractivity contribution in [3.05, 3.63) is 29.1 Å². The summed E-state index contributed by atoms with van der Waals surface area (Å²) in [5, 5.41) is 2.61. The zero-order valence-corrected chi connectivity index (χ0v) is 12.2. The minimum absolute atomic E-state index is 0.0533. The van der Waals surface area contributed by atoms with Crippen LogP contribution in [0.4, 0.5) is 0 Å². The number of likely N-dealkylation sites (N-methyl/N-ethyl adjacent to an activating group) is 1. The van der Waals surface area contributed by atoms with Gasteiger partial charge in [-0.15, -0.1) is 0 Å². The van der Waals surface area contributed by atoms with E-state index in [1.54, 1.807) is 13.1 Å². The van der Waals surface area contributed by atoms with Gasteiger partial charge in [0.05, 0.1) is 0 Å². The van der Waals surface area contributed by atoms with Gasteiger partial charge in [0.2, 0.25) is 5.91 Å². The second kappa shape index (κ2) is 6.09. The van der Waals surface area contributed by atoms with Gasteiger partial charge < -0.3 is 9.88 Å². The van der Waals surface area contributed by atoms with Gasteiger partial charge in [-0.25, -0.2) is 0 Å². The van der Waals surface area contributed by atoms with Crippen molar-refractivity contribution in [3.63, 3.8) is 0 Å². The minimum atomic E-state index is -0.0533. The Balaban J connectivity index is 2.23. The van der Waals surface area contributed by atoms with Crippen molar-refractivity contribution >= 4 is 12.0 Å². The molecule has 1 aliphatic carbocycles. The molecule has 0 unspecified atom stereocenters. The largest absolute Gasteiger partial charge is 0.356 e. The number of aryl methyl sites for hydroxylation is 1. The van der Waals surface area contributed by atoms with Crippen molar-refractivity contribution in [1.29, 1.82) is 0 Å². The molecule has 1 heterocycles. The molecule has 0 aromatic carbocycles. The quantitative estimate of drug-likeness (QED) is 0.831. The summed E-state index contributed by atoms with van der Waals surface area (Å²) in [5.74, 6) is -0.0533. The standard InChI is InChI=1S/C16H24N2O/c1-12-11-14(9-10-16(19)17-3)13(2)18(12)15-7-5-4-6-8-15/h9-11,15H,4-8H2,1-3H3,(H,17,19)/b10-9+. The molecule has 1 aromatic rings. The fraction of sp³-hybridized carbons (Fsp3) is 0.562. The molecule has 1 amide bonds. The van der Waals surface area contributed by atoms with Gasteiger partial charge in [0.1, 0.15) is 0 Å². The van der Waals surface area contributed by atoms with Crippen LogP contribution in [-0.4, -0.2) is 17.5 Å². The van der Waals surface area contributed by atoms with Gasteiger partial charge in [-0.1, -0.05) is 19.3 Å². The summed E-state index contributed by atoms with van der Waals surface area (Å²) in [6, 6.07) is 2.83. The van der Waals surface area contributed by atoms with Gasteiger partial charge in [-0.3, -0.25) is 4.79 Å².